The number of carbonyl (C=O) groups excluding carboxylic acids is 2. The van der Waals surface area contributed by atoms with E-state index >= 15 is 0 Å². The van der Waals surface area contributed by atoms with Gasteiger partial charge < -0.3 is 26.6 Å². The van der Waals surface area contributed by atoms with Crippen LogP contribution in [0.25, 0.3) is 0 Å². The van der Waals surface area contributed by atoms with E-state index in [2.05, 4.69) is 10.6 Å². The van der Waals surface area contributed by atoms with Gasteiger partial charge in [0.2, 0.25) is 11.8 Å². The highest BCUT2D eigenvalue weighted by atomic mass is 16.4. The first-order chi connectivity index (χ1) is 10.2. The van der Waals surface area contributed by atoms with Gasteiger partial charge in [0.15, 0.2) is 0 Å². The fraction of sp³-hybridized carbons (Fsp3) is 0.692. The van der Waals surface area contributed by atoms with Gasteiger partial charge in [0.1, 0.15) is 12.1 Å². The Morgan fingerprint density at radius 1 is 1.05 bits per heavy atom. The molecule has 6 N–H and O–H groups in total. The third-order valence-corrected chi connectivity index (χ3v) is 2.92. The predicted octanol–water partition coefficient (Wildman–Crippen LogP) is -0.946. The van der Waals surface area contributed by atoms with Gasteiger partial charge in [0.05, 0.1) is 0 Å². The third kappa shape index (κ3) is 9.70. The predicted molar refractivity (Wildman–Crippen MR) is 76.9 cm³/mol. The average Bonchev–Trinajstić information content (AvgIpc) is 2.41. The van der Waals surface area contributed by atoms with E-state index in [0.717, 1.165) is 0 Å². The fourth-order valence-electron chi connectivity index (χ4n) is 1.71. The Hall–Kier alpha value is -2.16. The first-order valence-electron chi connectivity index (χ1n) is 6.99. The highest BCUT2D eigenvalue weighted by Gasteiger charge is 2.19. The van der Waals surface area contributed by atoms with Crippen molar-refractivity contribution in [2.75, 3.05) is 6.54 Å². The Labute approximate surface area is 128 Å². The smallest absolute Gasteiger partial charge is 0.326 e. The molecule has 0 unspecified atom stereocenters. The molecule has 9 nitrogen and oxygen atoms in total. The molecular formula is C13H23N3O6. The van der Waals surface area contributed by atoms with Crippen LogP contribution in [0.4, 0.5) is 0 Å². The number of carboxylic acid groups (broad SMARTS) is 2. The summed E-state index contributed by atoms with van der Waals surface area (Å²) < 4.78 is 0. The van der Waals surface area contributed by atoms with Crippen LogP contribution in [0.5, 0.6) is 0 Å². The molecule has 0 fully saturated rings. The Balaban J connectivity index is 3.83. The van der Waals surface area contributed by atoms with E-state index in [9.17, 15) is 19.2 Å². The Morgan fingerprint density at radius 2 is 1.68 bits per heavy atom. The van der Waals surface area contributed by atoms with Crippen molar-refractivity contribution in [2.24, 2.45) is 5.73 Å². The van der Waals surface area contributed by atoms with Crippen molar-refractivity contribution < 1.29 is 29.4 Å². The van der Waals surface area contributed by atoms with Crippen LogP contribution in [0.1, 0.15) is 39.0 Å². The van der Waals surface area contributed by atoms with Crippen LogP contribution in [0.3, 0.4) is 0 Å². The number of aliphatic carboxylic acids is 2. The van der Waals surface area contributed by atoms with Crippen LogP contribution in [-0.2, 0) is 19.2 Å². The van der Waals surface area contributed by atoms with E-state index in [1.165, 1.54) is 6.92 Å². The Kier molecular flexibility index (Phi) is 9.51. The molecule has 0 aliphatic rings. The highest BCUT2D eigenvalue weighted by molar-refractivity contribution is 5.83. The van der Waals surface area contributed by atoms with E-state index < -0.39 is 29.9 Å². The molecule has 126 valence electrons. The molecule has 0 spiro atoms. The summed E-state index contributed by atoms with van der Waals surface area (Å²) in [6, 6.07) is -1.98. The summed E-state index contributed by atoms with van der Waals surface area (Å²) in [7, 11) is 0. The zero-order valence-corrected chi connectivity index (χ0v) is 12.5. The summed E-state index contributed by atoms with van der Waals surface area (Å²) >= 11 is 0. The number of carbonyl (C=O) groups is 4. The van der Waals surface area contributed by atoms with Gasteiger partial charge in [-0.15, -0.1) is 0 Å². The average molecular weight is 317 g/mol. The molecule has 0 rings (SSSR count). The maximum Gasteiger partial charge on any atom is 0.326 e. The van der Waals surface area contributed by atoms with E-state index in [1.54, 1.807) is 0 Å². The monoisotopic (exact) mass is 317 g/mol. The summed E-state index contributed by atoms with van der Waals surface area (Å²) in [6.07, 6.45) is 1.46. The Morgan fingerprint density at radius 3 is 2.18 bits per heavy atom. The minimum atomic E-state index is -1.19. The number of nitrogens with one attached hydrogen (secondary N) is 2. The minimum Gasteiger partial charge on any atom is -0.480 e. The lowest BCUT2D eigenvalue weighted by atomic mass is 10.1. The highest BCUT2D eigenvalue weighted by Crippen LogP contribution is 2.00. The summed E-state index contributed by atoms with van der Waals surface area (Å²) in [5.74, 6) is -3.03. The van der Waals surface area contributed by atoms with Gasteiger partial charge >= 0.3 is 11.9 Å². The number of hydrogen-bond acceptors (Lipinski definition) is 5. The fourth-order valence-corrected chi connectivity index (χ4v) is 1.71. The van der Waals surface area contributed by atoms with Gasteiger partial charge in [-0.25, -0.2) is 4.79 Å². The van der Waals surface area contributed by atoms with Crippen molar-refractivity contribution in [2.45, 2.75) is 51.1 Å². The van der Waals surface area contributed by atoms with Crippen LogP contribution in [0.15, 0.2) is 0 Å². The summed E-state index contributed by atoms with van der Waals surface area (Å²) in [4.78, 5) is 43.7. The van der Waals surface area contributed by atoms with Crippen molar-refractivity contribution in [3.63, 3.8) is 0 Å². The quantitative estimate of drug-likeness (QED) is 0.307. The number of carboxylic acids is 2. The molecule has 0 saturated heterocycles. The first kappa shape index (κ1) is 19.8. The van der Waals surface area contributed by atoms with Crippen LogP contribution >= 0.6 is 0 Å². The maximum absolute atomic E-state index is 11.5. The lowest BCUT2D eigenvalue weighted by Crippen LogP contribution is -2.40. The zero-order valence-electron chi connectivity index (χ0n) is 12.5. The molecule has 0 aromatic rings. The largest absolute Gasteiger partial charge is 0.480 e. The van der Waals surface area contributed by atoms with Gasteiger partial charge in [0, 0.05) is 19.9 Å². The molecule has 0 bridgehead atoms. The third-order valence-electron chi connectivity index (χ3n) is 2.92. The van der Waals surface area contributed by atoms with Crippen molar-refractivity contribution >= 4 is 23.8 Å². The minimum absolute atomic E-state index is 0.00460. The topological polar surface area (TPSA) is 159 Å². The van der Waals surface area contributed by atoms with Crippen molar-refractivity contribution in [3.8, 4) is 0 Å². The first-order valence-corrected chi connectivity index (χ1v) is 6.99. The molecule has 2 atom stereocenters. The zero-order chi connectivity index (χ0) is 17.1. The normalized spacial score (nSPS) is 13.0. The lowest BCUT2D eigenvalue weighted by molar-refractivity contribution is -0.142. The van der Waals surface area contributed by atoms with E-state index in [1.807, 2.05) is 0 Å². The van der Waals surface area contributed by atoms with Crippen molar-refractivity contribution in [1.29, 1.82) is 0 Å². The maximum atomic E-state index is 11.5. The molecule has 0 aliphatic carbocycles. The summed E-state index contributed by atoms with van der Waals surface area (Å²) in [5, 5.41) is 22.3. The van der Waals surface area contributed by atoms with Crippen LogP contribution in [-0.4, -0.2) is 52.6 Å². The standard InChI is InChI=1S/C13H23N3O6/c1-8(17)16-10(13(21)22)5-6-11(18)15-7-3-2-4-9(14)12(19)20/h9-10H,2-7,14H2,1H3,(H,15,18)(H,16,17)(H,19,20)(H,21,22)/t9-,10-/m0/s1. The van der Waals surface area contributed by atoms with Gasteiger partial charge in [-0.3, -0.25) is 14.4 Å². The van der Waals surface area contributed by atoms with Gasteiger partial charge in [-0.2, -0.15) is 0 Å². The molecule has 0 aromatic carbocycles. The number of rotatable bonds is 11. The number of nitrogens with two attached hydrogens (primary N) is 1. The van der Waals surface area contributed by atoms with Crippen molar-refractivity contribution in [1.82, 2.24) is 10.6 Å². The van der Waals surface area contributed by atoms with Crippen LogP contribution < -0.4 is 16.4 Å². The Bertz CT molecular complexity index is 413. The van der Waals surface area contributed by atoms with Crippen LogP contribution in [0.2, 0.25) is 0 Å². The van der Waals surface area contributed by atoms with Gasteiger partial charge in [-0.1, -0.05) is 0 Å². The molecule has 0 saturated carbocycles. The van der Waals surface area contributed by atoms with E-state index in [4.69, 9.17) is 15.9 Å². The van der Waals surface area contributed by atoms with Crippen LogP contribution in [0, 0.1) is 0 Å². The summed E-state index contributed by atoms with van der Waals surface area (Å²) in [6.45, 7) is 1.57. The number of unbranched alkanes of at least 4 members (excludes halogenated alkanes) is 1. The second-order valence-corrected chi connectivity index (χ2v) is 4.92. The molecule has 9 heteroatoms. The van der Waals surface area contributed by atoms with Gasteiger partial charge in [-0.05, 0) is 25.7 Å². The SMILES string of the molecule is CC(=O)N[C@@H](CCC(=O)NCCCC[C@H](N)C(=O)O)C(=O)O. The number of hydrogen-bond donors (Lipinski definition) is 5. The molecule has 0 aromatic heterocycles. The molecule has 0 aliphatic heterocycles. The number of amides is 2. The molecule has 0 radical (unpaired) electrons. The summed E-state index contributed by atoms with van der Waals surface area (Å²) in [5.41, 5.74) is 5.33. The molecular weight excluding hydrogens is 294 g/mol. The molecule has 22 heavy (non-hydrogen) atoms. The van der Waals surface area contributed by atoms with Crippen molar-refractivity contribution in [3.05, 3.63) is 0 Å². The molecule has 0 heterocycles. The molecule has 2 amide bonds. The second kappa shape index (κ2) is 10.6. The lowest BCUT2D eigenvalue weighted by Gasteiger charge is -2.13. The van der Waals surface area contributed by atoms with Gasteiger partial charge in [0.25, 0.3) is 0 Å². The van der Waals surface area contributed by atoms with E-state index in [0.29, 0.717) is 25.8 Å². The second-order valence-electron chi connectivity index (χ2n) is 4.92. The van der Waals surface area contributed by atoms with E-state index in [-0.39, 0.29) is 18.7 Å².